The van der Waals surface area contributed by atoms with E-state index in [1.807, 2.05) is 12.1 Å². The fourth-order valence-electron chi connectivity index (χ4n) is 1.51. The number of rotatable bonds is 2. The maximum atomic E-state index is 13.0. The van der Waals surface area contributed by atoms with E-state index in [0.29, 0.717) is 11.3 Å². The minimum atomic E-state index is -0.373. The van der Waals surface area contributed by atoms with Gasteiger partial charge in [0.25, 0.3) is 5.91 Å². The Morgan fingerprint density at radius 1 is 1.15 bits per heavy atom. The van der Waals surface area contributed by atoms with Gasteiger partial charge >= 0.3 is 0 Å². The molecule has 0 bridgehead atoms. The summed E-state index contributed by atoms with van der Waals surface area (Å²) in [6.07, 6.45) is 0. The number of carbonyl (C=O) groups is 1. The van der Waals surface area contributed by atoms with Crippen LogP contribution in [0, 0.1) is 9.39 Å². The molecule has 2 aromatic carbocycles. The molecule has 1 amide bonds. The van der Waals surface area contributed by atoms with Crippen LogP contribution in [0.4, 0.5) is 10.1 Å². The van der Waals surface area contributed by atoms with Crippen molar-refractivity contribution in [2.75, 3.05) is 5.32 Å². The Morgan fingerprint density at radius 2 is 1.85 bits per heavy atom. The summed E-state index contributed by atoms with van der Waals surface area (Å²) < 4.78 is 14.1. The van der Waals surface area contributed by atoms with Crippen LogP contribution in [0.1, 0.15) is 10.4 Å². The number of hydrogen-bond donors (Lipinski definition) is 2. The largest absolute Gasteiger partial charge is 0.332 e. The lowest BCUT2D eigenvalue weighted by Crippen LogP contribution is -2.34. The third-order valence-electron chi connectivity index (χ3n) is 2.42. The molecule has 0 aliphatic rings. The normalized spacial score (nSPS) is 9.90. The highest BCUT2D eigenvalue weighted by Crippen LogP contribution is 2.09. The third-order valence-corrected chi connectivity index (χ3v) is 3.34. The van der Waals surface area contributed by atoms with Crippen LogP contribution in [0.3, 0.4) is 0 Å². The van der Waals surface area contributed by atoms with Gasteiger partial charge in [-0.1, -0.05) is 6.07 Å². The molecule has 0 aliphatic heterocycles. The molecule has 2 rings (SSSR count). The van der Waals surface area contributed by atoms with Crippen LogP contribution in [-0.2, 0) is 0 Å². The topological polar surface area (TPSA) is 41.1 Å². The minimum absolute atomic E-state index is 0.124. The first kappa shape index (κ1) is 14.9. The van der Waals surface area contributed by atoms with Gasteiger partial charge in [0.05, 0.1) is 0 Å². The molecule has 0 saturated heterocycles. The number of nitrogens with one attached hydrogen (secondary N) is 2. The Morgan fingerprint density at radius 3 is 2.50 bits per heavy atom. The van der Waals surface area contributed by atoms with E-state index in [1.54, 1.807) is 24.3 Å². The van der Waals surface area contributed by atoms with E-state index >= 15 is 0 Å². The summed E-state index contributed by atoms with van der Waals surface area (Å²) in [4.78, 5) is 11.9. The third kappa shape index (κ3) is 4.24. The predicted octanol–water partition coefficient (Wildman–Crippen LogP) is 3.56. The number of hydrogen-bond acceptors (Lipinski definition) is 2. The first-order chi connectivity index (χ1) is 9.54. The quantitative estimate of drug-likeness (QED) is 0.599. The van der Waals surface area contributed by atoms with E-state index in [9.17, 15) is 9.18 Å². The molecule has 2 aromatic rings. The van der Waals surface area contributed by atoms with E-state index in [4.69, 9.17) is 12.2 Å². The van der Waals surface area contributed by atoms with Gasteiger partial charge in [-0.2, -0.15) is 0 Å². The number of amides is 1. The van der Waals surface area contributed by atoms with E-state index in [-0.39, 0.29) is 16.8 Å². The van der Waals surface area contributed by atoms with Gasteiger partial charge in [-0.3, -0.25) is 10.1 Å². The molecule has 0 heterocycles. The highest BCUT2D eigenvalue weighted by molar-refractivity contribution is 14.1. The van der Waals surface area contributed by atoms with Crippen LogP contribution in [0.15, 0.2) is 48.5 Å². The molecule has 0 aliphatic carbocycles. The van der Waals surface area contributed by atoms with Gasteiger partial charge in [0, 0.05) is 14.8 Å². The van der Waals surface area contributed by atoms with Gasteiger partial charge in [-0.15, -0.1) is 0 Å². The number of thiocarbonyl (C=S) groups is 1. The standard InChI is InChI=1S/C14H10FIN2OS/c15-10-2-1-3-12(8-10)17-14(20)18-13(19)9-4-6-11(16)7-5-9/h1-8H,(H2,17,18,19,20). The molecule has 2 N–H and O–H groups in total. The molecule has 20 heavy (non-hydrogen) atoms. The van der Waals surface area contributed by atoms with Crippen LogP contribution < -0.4 is 10.6 Å². The summed E-state index contributed by atoms with van der Waals surface area (Å²) in [5, 5.41) is 5.42. The van der Waals surface area contributed by atoms with Crippen molar-refractivity contribution in [1.29, 1.82) is 0 Å². The first-order valence-electron chi connectivity index (χ1n) is 5.68. The highest BCUT2D eigenvalue weighted by Gasteiger charge is 2.07. The van der Waals surface area contributed by atoms with Gasteiger partial charge in [-0.25, -0.2) is 4.39 Å². The zero-order valence-electron chi connectivity index (χ0n) is 10.2. The Hall–Kier alpha value is -1.54. The number of benzene rings is 2. The van der Waals surface area contributed by atoms with Crippen LogP contribution in [0.5, 0.6) is 0 Å². The van der Waals surface area contributed by atoms with Gasteiger partial charge in [0.15, 0.2) is 5.11 Å². The SMILES string of the molecule is O=C(NC(=S)Nc1cccc(F)c1)c1ccc(I)cc1. The molecule has 0 spiro atoms. The molecule has 0 saturated carbocycles. The number of anilines is 1. The molecule has 0 fully saturated rings. The van der Waals surface area contributed by atoms with Gasteiger partial charge in [-0.05, 0) is 77.3 Å². The molecule has 102 valence electrons. The van der Waals surface area contributed by atoms with Crippen molar-refractivity contribution < 1.29 is 9.18 Å². The molecule has 6 heteroatoms. The van der Waals surface area contributed by atoms with Gasteiger partial charge < -0.3 is 5.32 Å². The second kappa shape index (κ2) is 6.76. The second-order valence-corrected chi connectivity index (χ2v) is 5.58. The van der Waals surface area contributed by atoms with E-state index in [0.717, 1.165) is 3.57 Å². The predicted molar refractivity (Wildman–Crippen MR) is 89.2 cm³/mol. The molecule has 3 nitrogen and oxygen atoms in total. The smallest absolute Gasteiger partial charge is 0.257 e. The minimum Gasteiger partial charge on any atom is -0.332 e. The summed E-state index contributed by atoms with van der Waals surface area (Å²) in [5.41, 5.74) is 0.992. The Labute approximate surface area is 134 Å². The zero-order chi connectivity index (χ0) is 14.5. The lowest BCUT2D eigenvalue weighted by Gasteiger charge is -2.09. The van der Waals surface area contributed by atoms with Crippen molar-refractivity contribution in [3.8, 4) is 0 Å². The van der Waals surface area contributed by atoms with Crippen molar-refractivity contribution in [3.05, 3.63) is 63.5 Å². The van der Waals surface area contributed by atoms with Crippen LogP contribution in [0.2, 0.25) is 0 Å². The van der Waals surface area contributed by atoms with Crippen molar-refractivity contribution in [3.63, 3.8) is 0 Å². The maximum absolute atomic E-state index is 13.0. The Bertz CT molecular complexity index is 646. The van der Waals surface area contributed by atoms with Gasteiger partial charge in [0.1, 0.15) is 5.82 Å². The van der Waals surface area contributed by atoms with Crippen LogP contribution >= 0.6 is 34.8 Å². The van der Waals surface area contributed by atoms with E-state index in [2.05, 4.69) is 33.2 Å². The average molecular weight is 400 g/mol. The zero-order valence-corrected chi connectivity index (χ0v) is 13.2. The molecule has 0 radical (unpaired) electrons. The first-order valence-corrected chi connectivity index (χ1v) is 7.17. The summed E-state index contributed by atoms with van der Waals surface area (Å²) >= 11 is 7.17. The van der Waals surface area contributed by atoms with Crippen LogP contribution in [-0.4, -0.2) is 11.0 Å². The summed E-state index contributed by atoms with van der Waals surface area (Å²) in [7, 11) is 0. The molecule has 0 atom stereocenters. The van der Waals surface area contributed by atoms with Crippen molar-refractivity contribution in [2.45, 2.75) is 0 Å². The molecular formula is C14H10FIN2OS. The lowest BCUT2D eigenvalue weighted by molar-refractivity contribution is 0.0977. The Balaban J connectivity index is 1.97. The lowest BCUT2D eigenvalue weighted by atomic mass is 10.2. The van der Waals surface area contributed by atoms with Gasteiger partial charge in [0.2, 0.25) is 0 Å². The monoisotopic (exact) mass is 400 g/mol. The summed E-state index contributed by atoms with van der Waals surface area (Å²) in [6, 6.07) is 12.9. The van der Waals surface area contributed by atoms with Crippen molar-refractivity contribution in [2.24, 2.45) is 0 Å². The fourth-order valence-corrected chi connectivity index (χ4v) is 2.08. The fraction of sp³-hybridized carbons (Fsp3) is 0. The summed E-state index contributed by atoms with van der Waals surface area (Å²) in [6.45, 7) is 0. The van der Waals surface area contributed by atoms with Crippen LogP contribution in [0.25, 0.3) is 0 Å². The highest BCUT2D eigenvalue weighted by atomic mass is 127. The summed E-state index contributed by atoms with van der Waals surface area (Å²) in [5.74, 6) is -0.683. The van der Waals surface area contributed by atoms with E-state index < -0.39 is 0 Å². The number of halogens is 2. The maximum Gasteiger partial charge on any atom is 0.257 e. The number of carbonyl (C=O) groups excluding carboxylic acids is 1. The Kier molecular flexibility index (Phi) is 5.02. The van der Waals surface area contributed by atoms with E-state index in [1.165, 1.54) is 12.1 Å². The molecular weight excluding hydrogens is 390 g/mol. The average Bonchev–Trinajstić information content (AvgIpc) is 2.39. The second-order valence-electron chi connectivity index (χ2n) is 3.93. The van der Waals surface area contributed by atoms with Crippen molar-refractivity contribution >= 4 is 51.5 Å². The molecule has 0 unspecified atom stereocenters. The van der Waals surface area contributed by atoms with Crippen molar-refractivity contribution in [1.82, 2.24) is 5.32 Å². The molecule has 0 aromatic heterocycles.